The molecule has 1 aliphatic heterocycles. The van der Waals surface area contributed by atoms with Gasteiger partial charge in [-0.3, -0.25) is 4.79 Å². The van der Waals surface area contributed by atoms with Gasteiger partial charge in [0.15, 0.2) is 0 Å². The Balaban J connectivity index is 2.69. The van der Waals surface area contributed by atoms with Crippen LogP contribution < -0.4 is 5.73 Å². The molecule has 0 aromatic heterocycles. The lowest BCUT2D eigenvalue weighted by molar-refractivity contribution is -0.136. The molecule has 0 spiro atoms. The highest BCUT2D eigenvalue weighted by Crippen LogP contribution is 2.18. The van der Waals surface area contributed by atoms with Crippen LogP contribution in [0.1, 0.15) is 47.0 Å². The Morgan fingerprint density at radius 2 is 1.95 bits per heavy atom. The van der Waals surface area contributed by atoms with Crippen LogP contribution in [0.5, 0.6) is 0 Å². The molecule has 0 aliphatic carbocycles. The minimum absolute atomic E-state index is 0.101. The van der Waals surface area contributed by atoms with Gasteiger partial charge in [-0.2, -0.15) is 0 Å². The van der Waals surface area contributed by atoms with E-state index in [-0.39, 0.29) is 23.9 Å². The zero-order chi connectivity index (χ0) is 14.6. The van der Waals surface area contributed by atoms with E-state index in [1.807, 2.05) is 18.7 Å². The fourth-order valence-corrected chi connectivity index (χ4v) is 2.63. The summed E-state index contributed by atoms with van der Waals surface area (Å²) < 4.78 is 0. The molecule has 1 heterocycles. The number of rotatable bonds is 5. The van der Waals surface area contributed by atoms with E-state index < -0.39 is 0 Å². The molecule has 1 rings (SSSR count). The maximum absolute atomic E-state index is 12.5. The summed E-state index contributed by atoms with van der Waals surface area (Å²) in [6.45, 7) is 10.1. The van der Waals surface area contributed by atoms with E-state index in [0.29, 0.717) is 6.04 Å². The van der Waals surface area contributed by atoms with Crippen LogP contribution in [0.2, 0.25) is 0 Å². The summed E-state index contributed by atoms with van der Waals surface area (Å²) in [4.78, 5) is 16.8. The van der Waals surface area contributed by atoms with E-state index in [4.69, 9.17) is 5.73 Å². The molecule has 4 nitrogen and oxygen atoms in total. The first-order chi connectivity index (χ1) is 8.84. The number of nitrogens with two attached hydrogens (primary N) is 1. The third kappa shape index (κ3) is 4.46. The van der Waals surface area contributed by atoms with Gasteiger partial charge in [-0.1, -0.05) is 20.3 Å². The van der Waals surface area contributed by atoms with Crippen LogP contribution in [0.15, 0.2) is 0 Å². The maximum Gasteiger partial charge on any atom is 0.240 e. The van der Waals surface area contributed by atoms with Crippen LogP contribution in [-0.2, 0) is 4.79 Å². The van der Waals surface area contributed by atoms with Crippen molar-refractivity contribution in [1.82, 2.24) is 9.80 Å². The molecule has 0 bridgehead atoms. The van der Waals surface area contributed by atoms with E-state index in [2.05, 4.69) is 25.8 Å². The lowest BCUT2D eigenvalue weighted by Crippen LogP contribution is -2.54. The van der Waals surface area contributed by atoms with Gasteiger partial charge in [-0.15, -0.1) is 0 Å². The van der Waals surface area contributed by atoms with Crippen LogP contribution in [0, 0.1) is 5.92 Å². The Morgan fingerprint density at radius 1 is 1.32 bits per heavy atom. The number of nitrogens with zero attached hydrogens (tertiary/aromatic N) is 2. The molecule has 2 N–H and O–H groups in total. The topological polar surface area (TPSA) is 49.6 Å². The average Bonchev–Trinajstić information content (AvgIpc) is 2.35. The number of hydrogen-bond acceptors (Lipinski definition) is 3. The molecule has 0 aromatic rings. The van der Waals surface area contributed by atoms with Gasteiger partial charge in [-0.25, -0.2) is 0 Å². The van der Waals surface area contributed by atoms with Gasteiger partial charge in [0, 0.05) is 18.6 Å². The number of piperidine rings is 1. The Morgan fingerprint density at radius 3 is 2.42 bits per heavy atom. The Hall–Kier alpha value is -0.610. The maximum atomic E-state index is 12.5. The zero-order valence-electron chi connectivity index (χ0n) is 13.2. The Kier molecular flexibility index (Phi) is 6.27. The third-order valence-electron chi connectivity index (χ3n) is 4.24. The van der Waals surface area contributed by atoms with Gasteiger partial charge in [0.25, 0.3) is 0 Å². The van der Waals surface area contributed by atoms with Crippen LogP contribution in [0.4, 0.5) is 0 Å². The molecule has 19 heavy (non-hydrogen) atoms. The molecular formula is C15H31N3O. The van der Waals surface area contributed by atoms with Gasteiger partial charge in [-0.05, 0) is 46.2 Å². The highest BCUT2D eigenvalue weighted by atomic mass is 16.2. The molecule has 4 heteroatoms. The summed E-state index contributed by atoms with van der Waals surface area (Å²) in [7, 11) is 2.16. The van der Waals surface area contributed by atoms with Gasteiger partial charge in [0.05, 0.1) is 6.04 Å². The summed E-state index contributed by atoms with van der Waals surface area (Å²) in [5.74, 6) is 0.293. The van der Waals surface area contributed by atoms with Crippen molar-refractivity contribution in [2.45, 2.75) is 65.1 Å². The van der Waals surface area contributed by atoms with Gasteiger partial charge in [0.2, 0.25) is 5.91 Å². The largest absolute Gasteiger partial charge is 0.337 e. The summed E-state index contributed by atoms with van der Waals surface area (Å²) >= 11 is 0. The molecule has 0 radical (unpaired) electrons. The van der Waals surface area contributed by atoms with Crippen molar-refractivity contribution in [3.63, 3.8) is 0 Å². The monoisotopic (exact) mass is 269 g/mol. The molecule has 2 atom stereocenters. The molecule has 1 amide bonds. The second kappa shape index (κ2) is 7.25. The predicted molar refractivity (Wildman–Crippen MR) is 79.9 cm³/mol. The Bertz CT molecular complexity index is 291. The Labute approximate surface area is 118 Å². The first-order valence-corrected chi connectivity index (χ1v) is 7.61. The lowest BCUT2D eigenvalue weighted by Gasteiger charge is -2.39. The molecule has 1 fully saturated rings. The molecule has 1 aliphatic rings. The van der Waals surface area contributed by atoms with E-state index >= 15 is 0 Å². The molecule has 0 unspecified atom stereocenters. The van der Waals surface area contributed by atoms with Gasteiger partial charge < -0.3 is 15.5 Å². The van der Waals surface area contributed by atoms with E-state index in [1.54, 1.807) is 0 Å². The number of amides is 1. The lowest BCUT2D eigenvalue weighted by atomic mass is 9.99. The molecule has 0 saturated carbocycles. The number of carbonyl (C=O) groups excluding carboxylic acids is 1. The predicted octanol–water partition coefficient (Wildman–Crippen LogP) is 1.69. The number of likely N-dealkylation sites (N-methyl/N-ethyl adjacent to an activating group) is 1. The van der Waals surface area contributed by atoms with Crippen molar-refractivity contribution < 1.29 is 4.79 Å². The van der Waals surface area contributed by atoms with Crippen molar-refractivity contribution in [2.75, 3.05) is 20.1 Å². The minimum Gasteiger partial charge on any atom is -0.337 e. The van der Waals surface area contributed by atoms with Crippen LogP contribution in [0.25, 0.3) is 0 Å². The summed E-state index contributed by atoms with van der Waals surface area (Å²) in [5.41, 5.74) is 6.03. The van der Waals surface area contributed by atoms with Gasteiger partial charge in [0.1, 0.15) is 0 Å². The van der Waals surface area contributed by atoms with Crippen molar-refractivity contribution >= 4 is 5.91 Å². The molecule has 112 valence electrons. The quantitative estimate of drug-likeness (QED) is 0.826. The van der Waals surface area contributed by atoms with Crippen molar-refractivity contribution in [3.8, 4) is 0 Å². The average molecular weight is 269 g/mol. The standard InChI is InChI=1S/C15H31N3O/c1-11(2)14(16)15(19)18(12(3)4)10-13-8-6-7-9-17(13)5/h11-14H,6-10,16H2,1-5H3/t13-,14-/m0/s1. The number of carbonyl (C=O) groups is 1. The van der Waals surface area contributed by atoms with Crippen LogP contribution in [-0.4, -0.2) is 54.0 Å². The fraction of sp³-hybridized carbons (Fsp3) is 0.933. The first kappa shape index (κ1) is 16.4. The first-order valence-electron chi connectivity index (χ1n) is 7.61. The van der Waals surface area contributed by atoms with Crippen LogP contribution in [0.3, 0.4) is 0 Å². The second-order valence-electron chi connectivity index (χ2n) is 6.48. The fourth-order valence-electron chi connectivity index (χ4n) is 2.63. The number of likely N-dealkylation sites (tertiary alicyclic amines) is 1. The van der Waals surface area contributed by atoms with E-state index in [9.17, 15) is 4.79 Å². The van der Waals surface area contributed by atoms with Crippen molar-refractivity contribution in [3.05, 3.63) is 0 Å². The highest BCUT2D eigenvalue weighted by molar-refractivity contribution is 5.82. The smallest absolute Gasteiger partial charge is 0.240 e. The zero-order valence-corrected chi connectivity index (χ0v) is 13.2. The normalized spacial score (nSPS) is 22.8. The summed E-state index contributed by atoms with van der Waals surface area (Å²) in [5, 5.41) is 0. The van der Waals surface area contributed by atoms with E-state index in [0.717, 1.165) is 13.1 Å². The second-order valence-corrected chi connectivity index (χ2v) is 6.48. The SMILES string of the molecule is CC(C)[C@H](N)C(=O)N(C[C@@H]1CCCCN1C)C(C)C. The molecule has 1 saturated heterocycles. The summed E-state index contributed by atoms with van der Waals surface area (Å²) in [6.07, 6.45) is 3.73. The van der Waals surface area contributed by atoms with Crippen molar-refractivity contribution in [1.29, 1.82) is 0 Å². The molecule has 0 aromatic carbocycles. The highest BCUT2D eigenvalue weighted by Gasteiger charge is 2.29. The third-order valence-corrected chi connectivity index (χ3v) is 4.24. The number of hydrogen-bond donors (Lipinski definition) is 1. The van der Waals surface area contributed by atoms with Crippen molar-refractivity contribution in [2.24, 2.45) is 11.7 Å². The molecular weight excluding hydrogens is 238 g/mol. The summed E-state index contributed by atoms with van der Waals surface area (Å²) in [6, 6.07) is 0.323. The minimum atomic E-state index is -0.378. The van der Waals surface area contributed by atoms with Gasteiger partial charge >= 0.3 is 0 Å². The van der Waals surface area contributed by atoms with E-state index in [1.165, 1.54) is 19.3 Å². The van der Waals surface area contributed by atoms with Crippen LogP contribution >= 0.6 is 0 Å².